The molecule has 0 saturated carbocycles. The average molecular weight is 368 g/mol. The molecule has 1 atom stereocenters. The van der Waals surface area contributed by atoms with Gasteiger partial charge in [-0.05, 0) is 0 Å². The van der Waals surface area contributed by atoms with Gasteiger partial charge < -0.3 is 0 Å². The summed E-state index contributed by atoms with van der Waals surface area (Å²) < 4.78 is 13.0. The van der Waals surface area contributed by atoms with E-state index in [1.807, 2.05) is 31.2 Å². The Morgan fingerprint density at radius 2 is 1.76 bits per heavy atom. The van der Waals surface area contributed by atoms with E-state index in [1.54, 1.807) is 0 Å². The van der Waals surface area contributed by atoms with Crippen LogP contribution in [0.4, 0.5) is 0 Å². The van der Waals surface area contributed by atoms with Gasteiger partial charge in [-0.1, -0.05) is 0 Å². The molecular weight excluding hydrogens is 346 g/mol. The first-order valence-corrected chi connectivity index (χ1v) is 10.7. The average Bonchev–Trinajstić information content (AvgIpc) is 2.17. The van der Waals surface area contributed by atoms with Gasteiger partial charge in [0.15, 0.2) is 0 Å². The third kappa shape index (κ3) is 6.58. The minimum atomic E-state index is -1.89. The fourth-order valence-electron chi connectivity index (χ4n) is 1.19. The van der Waals surface area contributed by atoms with Crippen LogP contribution in [0.1, 0.15) is 6.92 Å². The number of halogens is 1. The molecule has 0 aliphatic rings. The summed E-state index contributed by atoms with van der Waals surface area (Å²) in [6.07, 6.45) is 0.0761. The van der Waals surface area contributed by atoms with E-state index in [0.29, 0.717) is 6.61 Å². The minimum absolute atomic E-state index is 0.0761. The van der Waals surface area contributed by atoms with Crippen molar-refractivity contribution in [2.75, 3.05) is 33.3 Å². The first-order chi connectivity index (χ1) is 7.63. The van der Waals surface area contributed by atoms with E-state index in [4.69, 9.17) is 9.26 Å². The molecule has 1 aromatic carbocycles. The van der Waals surface area contributed by atoms with Gasteiger partial charge in [-0.15, -0.1) is 0 Å². The summed E-state index contributed by atoms with van der Waals surface area (Å²) in [5.41, 5.74) is 0. The van der Waals surface area contributed by atoms with Crippen LogP contribution in [0.5, 0.6) is 5.75 Å². The fraction of sp³-hybridized carbons (Fsp3) is 0.538. The molecule has 0 N–H and O–H groups in total. The van der Waals surface area contributed by atoms with Crippen molar-refractivity contribution in [3.05, 3.63) is 27.8 Å². The first-order valence-electron chi connectivity index (χ1n) is 5.70. The third-order valence-electron chi connectivity index (χ3n) is 1.99. The molecule has 0 bridgehead atoms. The van der Waals surface area contributed by atoms with Crippen molar-refractivity contribution in [2.45, 2.75) is 13.0 Å². The number of benzene rings is 1. The second-order valence-corrected chi connectivity index (χ2v) is 14.3. The van der Waals surface area contributed by atoms with Crippen LogP contribution < -0.4 is 4.74 Å². The summed E-state index contributed by atoms with van der Waals surface area (Å²) in [6, 6.07) is 8.04. The molecule has 0 aliphatic carbocycles. The number of hydrogen-bond donors (Lipinski definition) is 0. The summed E-state index contributed by atoms with van der Waals surface area (Å²) in [5.74, 6) is 0.934. The van der Waals surface area contributed by atoms with Crippen molar-refractivity contribution < 1.29 is 9.26 Å². The Morgan fingerprint density at radius 3 is 2.29 bits per heavy atom. The van der Waals surface area contributed by atoms with Gasteiger partial charge in [-0.2, -0.15) is 0 Å². The van der Waals surface area contributed by atoms with Crippen molar-refractivity contribution in [1.29, 1.82) is 0 Å². The molecule has 0 aliphatic heterocycles. The molecule has 0 fully saturated rings. The number of para-hydroxylation sites is 1. The molecule has 0 spiro atoms. The molecule has 17 heavy (non-hydrogen) atoms. The van der Waals surface area contributed by atoms with E-state index in [0.717, 1.165) is 9.32 Å². The molecular formula is C13H22IO2P. The van der Waals surface area contributed by atoms with Crippen LogP contribution in [0, 0.1) is 3.57 Å². The van der Waals surface area contributed by atoms with Gasteiger partial charge in [0.2, 0.25) is 0 Å². The molecule has 98 valence electrons. The second kappa shape index (κ2) is 5.41. The Labute approximate surface area is 118 Å². The van der Waals surface area contributed by atoms with Crippen molar-refractivity contribution in [3.63, 3.8) is 0 Å². The Morgan fingerprint density at radius 1 is 1.18 bits per heavy atom. The second-order valence-electron chi connectivity index (χ2n) is 6.07. The molecule has 1 aromatic rings. The molecule has 0 radical (unpaired) electrons. The molecule has 0 amide bonds. The zero-order chi connectivity index (χ0) is 13.1. The van der Waals surface area contributed by atoms with Gasteiger partial charge in [0.25, 0.3) is 0 Å². The summed E-state index contributed by atoms with van der Waals surface area (Å²) >= 11 is 2.28. The maximum atomic E-state index is 5.99. The van der Waals surface area contributed by atoms with Gasteiger partial charge in [0.1, 0.15) is 0 Å². The zero-order valence-electron chi connectivity index (χ0n) is 11.2. The summed E-state index contributed by atoms with van der Waals surface area (Å²) in [7, 11) is 0. The monoisotopic (exact) mass is 368 g/mol. The van der Waals surface area contributed by atoms with Crippen molar-refractivity contribution in [3.8, 4) is 5.75 Å². The van der Waals surface area contributed by atoms with Gasteiger partial charge in [0, 0.05) is 0 Å². The van der Waals surface area contributed by atoms with Crippen molar-refractivity contribution in [1.82, 2.24) is 0 Å². The summed E-state index contributed by atoms with van der Waals surface area (Å²) in [4.78, 5) is 0. The zero-order valence-corrected chi connectivity index (χ0v) is 14.3. The van der Waals surface area contributed by atoms with Crippen LogP contribution in [-0.2, 0) is 4.52 Å². The van der Waals surface area contributed by atoms with Crippen LogP contribution in [0.15, 0.2) is 24.3 Å². The van der Waals surface area contributed by atoms with Crippen LogP contribution in [-0.4, -0.2) is 39.4 Å². The van der Waals surface area contributed by atoms with E-state index in [1.165, 1.54) is 0 Å². The number of ether oxygens (including phenoxy) is 1. The standard InChI is InChI=1S/C13H22IO2P/c1-11(10-15-17(2,3,4)5)16-13-9-7-6-8-12(13)14/h6-9,11H,10H2,1-5H3/t11-/m0/s1. The molecule has 0 aromatic heterocycles. The van der Waals surface area contributed by atoms with Crippen LogP contribution in [0.3, 0.4) is 0 Å². The maximum absolute atomic E-state index is 5.99. The van der Waals surface area contributed by atoms with E-state index < -0.39 is 6.83 Å². The van der Waals surface area contributed by atoms with Gasteiger partial charge in [-0.25, -0.2) is 0 Å². The summed E-state index contributed by atoms with van der Waals surface area (Å²) in [6.45, 7) is 9.59. The fourth-order valence-corrected chi connectivity index (χ4v) is 2.51. The topological polar surface area (TPSA) is 18.5 Å². The van der Waals surface area contributed by atoms with Crippen LogP contribution >= 0.6 is 29.4 Å². The predicted molar refractivity (Wildman–Crippen MR) is 85.8 cm³/mol. The Bertz CT molecular complexity index is 375. The third-order valence-corrected chi connectivity index (χ3v) is 4.06. The normalized spacial score (nSPS) is 16.0. The van der Waals surface area contributed by atoms with Crippen LogP contribution in [0.25, 0.3) is 0 Å². The first kappa shape index (κ1) is 15.2. The molecule has 1 rings (SSSR count). The van der Waals surface area contributed by atoms with E-state index in [-0.39, 0.29) is 6.10 Å². The van der Waals surface area contributed by atoms with Crippen LogP contribution in [0.2, 0.25) is 0 Å². The molecule has 4 heteroatoms. The Balaban J connectivity index is 2.51. The number of rotatable bonds is 5. The van der Waals surface area contributed by atoms with Crippen molar-refractivity contribution >= 4 is 29.4 Å². The van der Waals surface area contributed by atoms with E-state index >= 15 is 0 Å². The Hall–Kier alpha value is 0.140. The van der Waals surface area contributed by atoms with Gasteiger partial charge in [0.05, 0.1) is 0 Å². The SMILES string of the molecule is C[C@@H](COP(C)(C)(C)C)Oc1ccccc1I. The molecule has 0 saturated heterocycles. The molecule has 0 heterocycles. The molecule has 0 unspecified atom stereocenters. The van der Waals surface area contributed by atoms with E-state index in [9.17, 15) is 0 Å². The molecule has 2 nitrogen and oxygen atoms in total. The Kier molecular flexibility index (Phi) is 4.84. The van der Waals surface area contributed by atoms with E-state index in [2.05, 4.69) is 49.3 Å². The predicted octanol–water partition coefficient (Wildman–Crippen LogP) is 4.06. The van der Waals surface area contributed by atoms with Gasteiger partial charge >= 0.3 is 119 Å². The number of hydrogen-bond acceptors (Lipinski definition) is 2. The van der Waals surface area contributed by atoms with Gasteiger partial charge in [-0.3, -0.25) is 0 Å². The van der Waals surface area contributed by atoms with Crippen molar-refractivity contribution in [2.24, 2.45) is 0 Å². The quantitative estimate of drug-likeness (QED) is 0.577. The summed E-state index contributed by atoms with van der Waals surface area (Å²) in [5, 5.41) is 0.